The summed E-state index contributed by atoms with van der Waals surface area (Å²) in [6, 6.07) is 5.64. The molecule has 0 unspecified atom stereocenters. The van der Waals surface area contributed by atoms with Crippen molar-refractivity contribution in [3.8, 4) is 0 Å². The Morgan fingerprint density at radius 3 is 2.89 bits per heavy atom. The number of nitrogens with two attached hydrogens (primary N) is 1. The first kappa shape index (κ1) is 12.2. The first-order valence-electron chi connectivity index (χ1n) is 5.71. The Hall–Kier alpha value is -2.30. The molecule has 0 spiro atoms. The molecule has 0 radical (unpaired) electrons. The van der Waals surface area contributed by atoms with Gasteiger partial charge in [-0.25, -0.2) is 0 Å². The van der Waals surface area contributed by atoms with Crippen LogP contribution in [-0.4, -0.2) is 24.5 Å². The van der Waals surface area contributed by atoms with E-state index < -0.39 is 0 Å². The minimum Gasteiger partial charge on any atom is -0.398 e. The number of aryl methyl sites for hydroxylation is 1. The molecule has 2 rings (SSSR count). The van der Waals surface area contributed by atoms with E-state index in [1.807, 2.05) is 25.1 Å². The fourth-order valence-corrected chi connectivity index (χ4v) is 1.78. The van der Waals surface area contributed by atoms with Crippen LogP contribution in [0.4, 0.5) is 11.4 Å². The molecule has 1 heterocycles. The molecule has 5 heteroatoms. The second-order valence-corrected chi connectivity index (χ2v) is 4.10. The summed E-state index contributed by atoms with van der Waals surface area (Å²) in [5.41, 5.74) is 8.39. The molecular weight excluding hydrogens is 228 g/mol. The minimum atomic E-state index is -0.0641. The highest BCUT2D eigenvalue weighted by atomic mass is 16.1. The number of nitrogen functional groups attached to an aromatic ring is 1. The lowest BCUT2D eigenvalue weighted by molar-refractivity contribution is -0.118. The van der Waals surface area contributed by atoms with Gasteiger partial charge < -0.3 is 16.4 Å². The van der Waals surface area contributed by atoms with Gasteiger partial charge in [-0.05, 0) is 25.1 Å². The average molecular weight is 244 g/mol. The first-order chi connectivity index (χ1) is 8.61. The van der Waals surface area contributed by atoms with E-state index in [-0.39, 0.29) is 12.5 Å². The van der Waals surface area contributed by atoms with Crippen LogP contribution in [0.3, 0.4) is 0 Å². The third-order valence-corrected chi connectivity index (χ3v) is 2.79. The summed E-state index contributed by atoms with van der Waals surface area (Å²) in [7, 11) is 1.61. The second kappa shape index (κ2) is 4.91. The van der Waals surface area contributed by atoms with Gasteiger partial charge in [0.05, 0.1) is 6.54 Å². The van der Waals surface area contributed by atoms with Crippen LogP contribution in [0, 0.1) is 6.92 Å². The molecule has 0 atom stereocenters. The summed E-state index contributed by atoms with van der Waals surface area (Å²) in [6.45, 7) is 2.15. The molecule has 94 valence electrons. The van der Waals surface area contributed by atoms with Crippen molar-refractivity contribution < 1.29 is 4.79 Å². The van der Waals surface area contributed by atoms with Crippen LogP contribution in [0.2, 0.25) is 0 Å². The number of hydrogen-bond acceptors (Lipinski definition) is 4. The van der Waals surface area contributed by atoms with Gasteiger partial charge in [0.25, 0.3) is 0 Å². The predicted molar refractivity (Wildman–Crippen MR) is 73.4 cm³/mol. The molecule has 2 aromatic rings. The van der Waals surface area contributed by atoms with E-state index in [1.165, 1.54) is 0 Å². The number of anilines is 2. The topological polar surface area (TPSA) is 80.0 Å². The van der Waals surface area contributed by atoms with Crippen molar-refractivity contribution >= 4 is 28.1 Å². The van der Waals surface area contributed by atoms with Gasteiger partial charge in [-0.3, -0.25) is 9.78 Å². The maximum atomic E-state index is 11.2. The molecule has 1 aromatic heterocycles. The second-order valence-electron chi connectivity index (χ2n) is 4.10. The highest BCUT2D eigenvalue weighted by molar-refractivity contribution is 6.01. The molecule has 0 aliphatic carbocycles. The van der Waals surface area contributed by atoms with Crippen LogP contribution in [0.15, 0.2) is 24.4 Å². The van der Waals surface area contributed by atoms with Gasteiger partial charge in [0.1, 0.15) is 0 Å². The highest BCUT2D eigenvalue weighted by Crippen LogP contribution is 2.28. The SMILES string of the molecule is CNC(=O)CNc1ccc(N)c2cnc(C)cc12. The Morgan fingerprint density at radius 1 is 1.39 bits per heavy atom. The van der Waals surface area contributed by atoms with E-state index >= 15 is 0 Å². The van der Waals surface area contributed by atoms with Crippen molar-refractivity contribution in [2.45, 2.75) is 6.92 Å². The molecule has 4 N–H and O–H groups in total. The normalized spacial score (nSPS) is 10.3. The number of carbonyl (C=O) groups excluding carboxylic acids is 1. The molecule has 0 bridgehead atoms. The number of likely N-dealkylation sites (N-methyl/N-ethyl adjacent to an activating group) is 1. The first-order valence-corrected chi connectivity index (χ1v) is 5.71. The zero-order chi connectivity index (χ0) is 13.1. The predicted octanol–water partition coefficient (Wildman–Crippen LogP) is 1.28. The molecule has 18 heavy (non-hydrogen) atoms. The maximum absolute atomic E-state index is 11.2. The van der Waals surface area contributed by atoms with Gasteiger partial charge in [0, 0.05) is 41.1 Å². The van der Waals surface area contributed by atoms with Gasteiger partial charge in [0.15, 0.2) is 0 Å². The monoisotopic (exact) mass is 244 g/mol. The number of rotatable bonds is 3. The quantitative estimate of drug-likeness (QED) is 0.711. The summed E-state index contributed by atoms with van der Waals surface area (Å²) < 4.78 is 0. The fourth-order valence-electron chi connectivity index (χ4n) is 1.78. The lowest BCUT2D eigenvalue weighted by Crippen LogP contribution is -2.26. The van der Waals surface area contributed by atoms with Gasteiger partial charge in [0.2, 0.25) is 5.91 Å². The number of nitrogens with zero attached hydrogens (tertiary/aromatic N) is 1. The Labute approximate surface area is 105 Å². The van der Waals surface area contributed by atoms with Crippen LogP contribution >= 0.6 is 0 Å². The van der Waals surface area contributed by atoms with Crippen molar-refractivity contribution in [1.29, 1.82) is 0 Å². The van der Waals surface area contributed by atoms with Gasteiger partial charge >= 0.3 is 0 Å². The molecule has 1 aromatic carbocycles. The lowest BCUT2D eigenvalue weighted by atomic mass is 10.1. The van der Waals surface area contributed by atoms with E-state index in [9.17, 15) is 4.79 Å². The Balaban J connectivity index is 2.41. The van der Waals surface area contributed by atoms with Crippen molar-refractivity contribution in [2.24, 2.45) is 0 Å². The van der Waals surface area contributed by atoms with Crippen molar-refractivity contribution in [1.82, 2.24) is 10.3 Å². The summed E-state index contributed by atoms with van der Waals surface area (Å²) >= 11 is 0. The Bertz CT molecular complexity index is 595. The van der Waals surface area contributed by atoms with E-state index in [4.69, 9.17) is 5.73 Å². The largest absolute Gasteiger partial charge is 0.398 e. The average Bonchev–Trinajstić information content (AvgIpc) is 2.37. The van der Waals surface area contributed by atoms with Gasteiger partial charge in [-0.1, -0.05) is 0 Å². The molecular formula is C13H16N4O. The third-order valence-electron chi connectivity index (χ3n) is 2.79. The maximum Gasteiger partial charge on any atom is 0.239 e. The molecule has 0 saturated carbocycles. The van der Waals surface area contributed by atoms with Crippen LogP contribution in [0.1, 0.15) is 5.69 Å². The van der Waals surface area contributed by atoms with E-state index in [0.29, 0.717) is 5.69 Å². The summed E-state index contributed by atoms with van der Waals surface area (Å²) in [5.74, 6) is -0.0641. The summed E-state index contributed by atoms with van der Waals surface area (Å²) in [4.78, 5) is 15.5. The van der Waals surface area contributed by atoms with Gasteiger partial charge in [-0.2, -0.15) is 0 Å². The van der Waals surface area contributed by atoms with Crippen molar-refractivity contribution in [3.63, 3.8) is 0 Å². The number of fused-ring (bicyclic) bond motifs is 1. The molecule has 5 nitrogen and oxygen atoms in total. The zero-order valence-electron chi connectivity index (χ0n) is 10.4. The molecule has 0 aliphatic heterocycles. The van der Waals surface area contributed by atoms with E-state index in [2.05, 4.69) is 15.6 Å². The molecule has 0 aliphatic rings. The number of hydrogen-bond donors (Lipinski definition) is 3. The number of benzene rings is 1. The number of amides is 1. The van der Waals surface area contributed by atoms with Crippen molar-refractivity contribution in [3.05, 3.63) is 30.1 Å². The minimum absolute atomic E-state index is 0.0641. The molecule has 0 saturated heterocycles. The Morgan fingerprint density at radius 2 is 2.17 bits per heavy atom. The third kappa shape index (κ3) is 2.34. The molecule has 0 fully saturated rings. The number of pyridine rings is 1. The number of carbonyl (C=O) groups is 1. The smallest absolute Gasteiger partial charge is 0.239 e. The standard InChI is InChI=1S/C13H16N4O/c1-8-5-9-10(6-16-8)11(14)3-4-12(9)17-7-13(18)15-2/h3-6,17H,7,14H2,1-2H3,(H,15,18). The van der Waals surface area contributed by atoms with Crippen LogP contribution < -0.4 is 16.4 Å². The molecule has 1 amide bonds. The van der Waals surface area contributed by atoms with Crippen LogP contribution in [0.5, 0.6) is 0 Å². The fraction of sp³-hybridized carbons (Fsp3) is 0.231. The van der Waals surface area contributed by atoms with Crippen molar-refractivity contribution in [2.75, 3.05) is 24.6 Å². The summed E-state index contributed by atoms with van der Waals surface area (Å²) in [5, 5.41) is 7.53. The van der Waals surface area contributed by atoms with E-state index in [1.54, 1.807) is 13.2 Å². The van der Waals surface area contributed by atoms with Crippen LogP contribution in [0.25, 0.3) is 10.8 Å². The Kier molecular flexibility index (Phi) is 3.32. The zero-order valence-corrected chi connectivity index (χ0v) is 10.4. The van der Waals surface area contributed by atoms with E-state index in [0.717, 1.165) is 22.2 Å². The highest BCUT2D eigenvalue weighted by Gasteiger charge is 2.06. The lowest BCUT2D eigenvalue weighted by Gasteiger charge is -2.11. The number of nitrogens with one attached hydrogen (secondary N) is 2. The van der Waals surface area contributed by atoms with Crippen LogP contribution in [-0.2, 0) is 4.79 Å². The van der Waals surface area contributed by atoms with Gasteiger partial charge in [-0.15, -0.1) is 0 Å². The summed E-state index contributed by atoms with van der Waals surface area (Å²) in [6.07, 6.45) is 1.76. The number of aromatic nitrogens is 1.